The van der Waals surface area contributed by atoms with Gasteiger partial charge in [-0.2, -0.15) is 26.3 Å². The lowest BCUT2D eigenvalue weighted by atomic mass is 9.71. The first-order valence-corrected chi connectivity index (χ1v) is 12.5. The molecular weight excluding hydrogens is 602 g/mol. The second kappa shape index (κ2) is 13.6. The van der Waals surface area contributed by atoms with E-state index in [4.69, 9.17) is 19.8 Å². The normalized spacial score (nSPS) is 20.5. The fourth-order valence-electron chi connectivity index (χ4n) is 4.79. The van der Waals surface area contributed by atoms with Crippen LogP contribution in [0, 0.1) is 12.3 Å². The lowest BCUT2D eigenvalue weighted by Crippen LogP contribution is -2.60. The number of likely N-dealkylation sites (tertiary alicyclic amines) is 2. The molecule has 0 saturated carbocycles. The molecule has 2 aliphatic heterocycles. The van der Waals surface area contributed by atoms with Gasteiger partial charge in [-0.1, -0.05) is 6.07 Å². The number of hydrogen-bond acceptors (Lipinski definition) is 6. The minimum Gasteiger partial charge on any atom is -0.475 e. The molecule has 43 heavy (non-hydrogen) atoms. The lowest BCUT2D eigenvalue weighted by Gasteiger charge is -2.49. The topological polar surface area (TPSA) is 129 Å². The summed E-state index contributed by atoms with van der Waals surface area (Å²) < 4.78 is 94.8. The molecule has 0 aliphatic carbocycles. The molecule has 2 saturated heterocycles. The van der Waals surface area contributed by atoms with Crippen LogP contribution in [-0.4, -0.2) is 90.3 Å². The number of halogens is 8. The summed E-state index contributed by atoms with van der Waals surface area (Å²) in [6.07, 6.45) is -5.96. The summed E-state index contributed by atoms with van der Waals surface area (Å²) in [6, 6.07) is 5.69. The number of piperidine rings is 2. The van der Waals surface area contributed by atoms with Crippen molar-refractivity contribution in [3.63, 3.8) is 0 Å². The molecule has 2 fully saturated rings. The van der Waals surface area contributed by atoms with E-state index >= 15 is 0 Å². The van der Waals surface area contributed by atoms with Crippen molar-refractivity contribution in [3.8, 4) is 0 Å². The van der Waals surface area contributed by atoms with Gasteiger partial charge in [-0.3, -0.25) is 14.7 Å². The van der Waals surface area contributed by atoms with Crippen LogP contribution in [0.1, 0.15) is 36.3 Å². The van der Waals surface area contributed by atoms with Gasteiger partial charge in [0.25, 0.3) is 5.92 Å². The number of aromatic nitrogens is 3. The maximum Gasteiger partial charge on any atom is 0.490 e. The molecule has 2 aliphatic rings. The monoisotopic (exact) mass is 631 g/mol. The second-order valence-corrected chi connectivity index (χ2v) is 10.2. The number of carboxylic acids is 2. The van der Waals surface area contributed by atoms with Crippen molar-refractivity contribution in [1.29, 1.82) is 0 Å². The predicted octanol–water partition coefficient (Wildman–Crippen LogP) is 4.04. The molecule has 1 spiro atoms. The largest absolute Gasteiger partial charge is 0.490 e. The summed E-state index contributed by atoms with van der Waals surface area (Å²) >= 11 is 0. The van der Waals surface area contributed by atoms with Crippen molar-refractivity contribution in [2.24, 2.45) is 12.5 Å². The highest BCUT2D eigenvalue weighted by Gasteiger charge is 2.55. The van der Waals surface area contributed by atoms with Gasteiger partial charge >= 0.3 is 24.3 Å². The van der Waals surface area contributed by atoms with Gasteiger partial charge in [0.2, 0.25) is 5.91 Å². The van der Waals surface area contributed by atoms with Crippen molar-refractivity contribution in [1.82, 2.24) is 24.3 Å². The third kappa shape index (κ3) is 10.4. The quantitative estimate of drug-likeness (QED) is 0.484. The standard InChI is InChI=1S/C21H27F2N5O.2C2HF3O2/c1-16-5-3-6-17(25-16)10-28-8-4-7-20(19(28)29)12-21(22,23)14-27(13-20)11-18-9-24-15-26(18)2;2*3-2(4,5)1(6)7/h3,5-6,9,15H,4,7-8,10-14H2,1-2H3;2*(H,6,7). The minimum atomic E-state index is -5.08. The average Bonchev–Trinajstić information content (AvgIpc) is 3.25. The Labute approximate surface area is 239 Å². The molecule has 4 rings (SSSR count). The third-order valence-corrected chi connectivity index (χ3v) is 6.49. The van der Waals surface area contributed by atoms with Crippen LogP contribution in [0.5, 0.6) is 0 Å². The number of amides is 1. The van der Waals surface area contributed by atoms with Gasteiger partial charge in [0.15, 0.2) is 0 Å². The molecule has 0 aromatic carbocycles. The van der Waals surface area contributed by atoms with Crippen LogP contribution in [0.2, 0.25) is 0 Å². The van der Waals surface area contributed by atoms with Crippen molar-refractivity contribution >= 4 is 17.8 Å². The Morgan fingerprint density at radius 1 is 1.00 bits per heavy atom. The van der Waals surface area contributed by atoms with E-state index in [1.165, 1.54) is 0 Å². The fraction of sp³-hybridized carbons (Fsp3) is 0.560. The maximum atomic E-state index is 14.7. The summed E-state index contributed by atoms with van der Waals surface area (Å²) in [4.78, 5) is 43.2. The number of aliphatic carboxylic acids is 2. The number of hydrogen-bond donors (Lipinski definition) is 2. The van der Waals surface area contributed by atoms with Crippen molar-refractivity contribution < 1.29 is 59.7 Å². The molecule has 2 aromatic rings. The molecule has 1 amide bonds. The molecule has 240 valence electrons. The Balaban J connectivity index is 0.000000384. The number of alkyl halides is 8. The first-order chi connectivity index (χ1) is 19.6. The van der Waals surface area contributed by atoms with E-state index in [0.29, 0.717) is 32.6 Å². The van der Waals surface area contributed by atoms with E-state index in [1.807, 2.05) is 36.7 Å². The van der Waals surface area contributed by atoms with Gasteiger partial charge in [-0.25, -0.2) is 23.4 Å². The highest BCUT2D eigenvalue weighted by molar-refractivity contribution is 5.84. The number of pyridine rings is 1. The molecule has 1 atom stereocenters. The number of rotatable bonds is 4. The summed E-state index contributed by atoms with van der Waals surface area (Å²) in [6.45, 7) is 3.25. The number of imidazole rings is 1. The molecule has 2 aromatic heterocycles. The molecule has 4 heterocycles. The van der Waals surface area contributed by atoms with Crippen molar-refractivity contribution in [3.05, 3.63) is 47.8 Å². The average molecular weight is 632 g/mol. The van der Waals surface area contributed by atoms with Crippen LogP contribution in [0.15, 0.2) is 30.7 Å². The Hall–Kier alpha value is -3.83. The second-order valence-electron chi connectivity index (χ2n) is 10.2. The van der Waals surface area contributed by atoms with Gasteiger partial charge in [0.05, 0.1) is 36.2 Å². The lowest BCUT2D eigenvalue weighted by molar-refractivity contribution is -0.193. The zero-order valence-corrected chi connectivity index (χ0v) is 22.9. The van der Waals surface area contributed by atoms with Crippen LogP contribution < -0.4 is 0 Å². The molecule has 0 radical (unpaired) electrons. The maximum absolute atomic E-state index is 14.7. The highest BCUT2D eigenvalue weighted by Crippen LogP contribution is 2.45. The smallest absolute Gasteiger partial charge is 0.475 e. The Kier molecular flexibility index (Phi) is 11.2. The molecule has 18 heteroatoms. The van der Waals surface area contributed by atoms with Gasteiger partial charge in [0.1, 0.15) is 0 Å². The van der Waals surface area contributed by atoms with E-state index in [0.717, 1.165) is 23.5 Å². The SMILES string of the molecule is Cc1cccc(CN2CCCC3(CN(Cc4cncn4C)CC(F)(F)C3)C2=O)n1.O=C(O)C(F)(F)F.O=C(O)C(F)(F)F. The van der Waals surface area contributed by atoms with Crippen LogP contribution >= 0.6 is 0 Å². The van der Waals surface area contributed by atoms with Crippen LogP contribution in [0.3, 0.4) is 0 Å². The zero-order chi connectivity index (χ0) is 32.8. The van der Waals surface area contributed by atoms with E-state index in [9.17, 15) is 39.9 Å². The minimum absolute atomic E-state index is 0.165. The molecule has 2 N–H and O–H groups in total. The molecular formula is C25H29F8N5O5. The van der Waals surface area contributed by atoms with Crippen LogP contribution in [0.4, 0.5) is 35.1 Å². The predicted molar refractivity (Wildman–Crippen MR) is 131 cm³/mol. The molecule has 1 unspecified atom stereocenters. The summed E-state index contributed by atoms with van der Waals surface area (Å²) in [5, 5.41) is 14.2. The van der Waals surface area contributed by atoms with E-state index in [2.05, 4.69) is 9.97 Å². The van der Waals surface area contributed by atoms with Crippen molar-refractivity contribution in [2.75, 3.05) is 19.6 Å². The zero-order valence-electron chi connectivity index (χ0n) is 22.9. The van der Waals surface area contributed by atoms with Gasteiger partial charge < -0.3 is 19.7 Å². The Morgan fingerprint density at radius 2 is 1.58 bits per heavy atom. The fourth-order valence-corrected chi connectivity index (χ4v) is 4.79. The Bertz CT molecular complexity index is 1260. The number of carbonyl (C=O) groups is 3. The number of carboxylic acid groups (broad SMARTS) is 2. The van der Waals surface area contributed by atoms with Crippen LogP contribution in [-0.2, 0) is 34.5 Å². The van der Waals surface area contributed by atoms with E-state index in [1.54, 1.807) is 22.3 Å². The highest BCUT2D eigenvalue weighted by atomic mass is 19.4. The van der Waals surface area contributed by atoms with Gasteiger partial charge in [-0.05, 0) is 31.9 Å². The first kappa shape index (κ1) is 35.4. The third-order valence-electron chi connectivity index (χ3n) is 6.49. The summed E-state index contributed by atoms with van der Waals surface area (Å²) in [7, 11) is 1.85. The van der Waals surface area contributed by atoms with E-state index < -0.39 is 35.6 Å². The summed E-state index contributed by atoms with van der Waals surface area (Å²) in [5.74, 6) is -8.57. The van der Waals surface area contributed by atoms with E-state index in [-0.39, 0.29) is 18.9 Å². The number of nitrogens with zero attached hydrogens (tertiary/aromatic N) is 5. The first-order valence-electron chi connectivity index (χ1n) is 12.5. The van der Waals surface area contributed by atoms with Crippen molar-refractivity contribution in [2.45, 2.75) is 57.6 Å². The Morgan fingerprint density at radius 3 is 2.07 bits per heavy atom. The number of aryl methyl sites for hydroxylation is 2. The molecule has 10 nitrogen and oxygen atoms in total. The number of carbonyl (C=O) groups excluding carboxylic acids is 1. The summed E-state index contributed by atoms with van der Waals surface area (Å²) in [5.41, 5.74) is 1.50. The van der Waals surface area contributed by atoms with Crippen LogP contribution in [0.25, 0.3) is 0 Å². The van der Waals surface area contributed by atoms with Gasteiger partial charge in [-0.15, -0.1) is 0 Å². The van der Waals surface area contributed by atoms with Gasteiger partial charge in [0, 0.05) is 45.0 Å². The molecule has 0 bridgehead atoms.